The average molecular weight is 225 g/mol. The fourth-order valence-electron chi connectivity index (χ4n) is 2.12. The van der Waals surface area contributed by atoms with Crippen molar-refractivity contribution in [3.8, 4) is 0 Å². The molecule has 3 N–H and O–H groups in total. The Bertz CT molecular complexity index is 321. The number of ether oxygens (including phenoxy) is 1. The molecule has 1 aliphatic heterocycles. The van der Waals surface area contributed by atoms with Crippen molar-refractivity contribution in [2.75, 3.05) is 19.8 Å². The van der Waals surface area contributed by atoms with Gasteiger partial charge in [0, 0.05) is 25.3 Å². The monoisotopic (exact) mass is 225 g/mol. The van der Waals surface area contributed by atoms with Crippen LogP contribution >= 0.6 is 0 Å². The summed E-state index contributed by atoms with van der Waals surface area (Å²) in [6.07, 6.45) is 5.82. The first-order valence-electron chi connectivity index (χ1n) is 5.75. The number of aromatic nitrogens is 2. The lowest BCUT2D eigenvalue weighted by atomic mass is 10.0. The molecule has 0 spiro atoms. The maximum Gasteiger partial charge on any atom is 0.0948 e. The van der Waals surface area contributed by atoms with Crippen LogP contribution in [0.15, 0.2) is 12.5 Å². The van der Waals surface area contributed by atoms with E-state index in [1.54, 1.807) is 12.5 Å². The number of aliphatic hydroxyl groups is 1. The van der Waals surface area contributed by atoms with Crippen molar-refractivity contribution in [1.29, 1.82) is 0 Å². The average Bonchev–Trinajstić information content (AvgIpc) is 2.77. The molecule has 0 aromatic carbocycles. The normalized spacial score (nSPS) is 23.2. The molecule has 0 bridgehead atoms. The van der Waals surface area contributed by atoms with Gasteiger partial charge in [-0.2, -0.15) is 0 Å². The third-order valence-corrected chi connectivity index (χ3v) is 3.03. The molecule has 5 heteroatoms. The maximum atomic E-state index is 9.05. The first-order chi connectivity index (χ1) is 7.81. The molecule has 1 aromatic rings. The number of hydrogen-bond donors (Lipinski definition) is 2. The standard InChI is InChI=1S/C11H19N3O2/c12-10(6-15)11-4-13-8-14(11)5-9-2-1-3-16-7-9/h4,8-10,15H,1-3,5-7,12H2. The molecule has 1 aliphatic rings. The Labute approximate surface area is 95.2 Å². The van der Waals surface area contributed by atoms with Crippen LogP contribution in [0, 0.1) is 5.92 Å². The quantitative estimate of drug-likeness (QED) is 0.773. The fraction of sp³-hybridized carbons (Fsp3) is 0.727. The Morgan fingerprint density at radius 1 is 1.69 bits per heavy atom. The highest BCUT2D eigenvalue weighted by molar-refractivity contribution is 5.04. The summed E-state index contributed by atoms with van der Waals surface area (Å²) >= 11 is 0. The summed E-state index contributed by atoms with van der Waals surface area (Å²) in [5.74, 6) is 0.535. The molecule has 2 unspecified atom stereocenters. The van der Waals surface area contributed by atoms with Gasteiger partial charge in [0.15, 0.2) is 0 Å². The Hall–Kier alpha value is -0.910. The van der Waals surface area contributed by atoms with Crippen LogP contribution in [0.3, 0.4) is 0 Å². The Morgan fingerprint density at radius 2 is 2.56 bits per heavy atom. The predicted octanol–water partition coefficient (Wildman–Crippen LogP) is 0.302. The van der Waals surface area contributed by atoms with Gasteiger partial charge in [-0.15, -0.1) is 0 Å². The van der Waals surface area contributed by atoms with Crippen LogP contribution in [0.4, 0.5) is 0 Å². The molecule has 0 saturated carbocycles. The minimum atomic E-state index is -0.341. The minimum absolute atomic E-state index is 0.0488. The Kier molecular flexibility index (Phi) is 3.93. The molecule has 2 heterocycles. The van der Waals surface area contributed by atoms with Crippen molar-refractivity contribution >= 4 is 0 Å². The van der Waals surface area contributed by atoms with E-state index in [0.29, 0.717) is 5.92 Å². The van der Waals surface area contributed by atoms with Crippen molar-refractivity contribution in [2.24, 2.45) is 11.7 Å². The van der Waals surface area contributed by atoms with Gasteiger partial charge in [-0.25, -0.2) is 4.98 Å². The van der Waals surface area contributed by atoms with Crippen molar-refractivity contribution < 1.29 is 9.84 Å². The molecule has 1 aromatic heterocycles. The van der Waals surface area contributed by atoms with Crippen molar-refractivity contribution in [1.82, 2.24) is 9.55 Å². The lowest BCUT2D eigenvalue weighted by Gasteiger charge is -2.23. The van der Waals surface area contributed by atoms with Gasteiger partial charge >= 0.3 is 0 Å². The zero-order valence-corrected chi connectivity index (χ0v) is 9.38. The number of imidazole rings is 1. The van der Waals surface area contributed by atoms with E-state index in [4.69, 9.17) is 15.6 Å². The molecular formula is C11H19N3O2. The Morgan fingerprint density at radius 3 is 3.25 bits per heavy atom. The first kappa shape index (κ1) is 11.6. The van der Waals surface area contributed by atoms with E-state index in [0.717, 1.165) is 31.9 Å². The minimum Gasteiger partial charge on any atom is -0.394 e. The molecule has 2 rings (SSSR count). The number of rotatable bonds is 4. The van der Waals surface area contributed by atoms with Crippen LogP contribution in [-0.2, 0) is 11.3 Å². The van der Waals surface area contributed by atoms with Gasteiger partial charge in [-0.05, 0) is 12.8 Å². The third-order valence-electron chi connectivity index (χ3n) is 3.03. The number of nitrogens with zero attached hydrogens (tertiary/aromatic N) is 2. The summed E-state index contributed by atoms with van der Waals surface area (Å²) < 4.78 is 7.47. The van der Waals surface area contributed by atoms with Crippen molar-refractivity contribution in [2.45, 2.75) is 25.4 Å². The van der Waals surface area contributed by atoms with E-state index in [1.807, 2.05) is 4.57 Å². The SMILES string of the molecule is NC(CO)c1cncn1CC1CCCOC1. The van der Waals surface area contributed by atoms with Crippen LogP contribution in [0.5, 0.6) is 0 Å². The fourth-order valence-corrected chi connectivity index (χ4v) is 2.12. The zero-order chi connectivity index (χ0) is 11.4. The summed E-state index contributed by atoms with van der Waals surface area (Å²) in [5, 5.41) is 9.05. The highest BCUT2D eigenvalue weighted by Gasteiger charge is 2.17. The number of hydrogen-bond acceptors (Lipinski definition) is 4. The first-order valence-corrected chi connectivity index (χ1v) is 5.75. The molecule has 16 heavy (non-hydrogen) atoms. The van der Waals surface area contributed by atoms with Crippen LogP contribution in [-0.4, -0.2) is 34.5 Å². The highest BCUT2D eigenvalue weighted by atomic mass is 16.5. The molecule has 0 amide bonds. The summed E-state index contributed by atoms with van der Waals surface area (Å²) in [6.45, 7) is 2.52. The predicted molar refractivity (Wildman–Crippen MR) is 59.8 cm³/mol. The van der Waals surface area contributed by atoms with Crippen molar-refractivity contribution in [3.63, 3.8) is 0 Å². The van der Waals surface area contributed by atoms with Gasteiger partial charge in [-0.3, -0.25) is 0 Å². The van der Waals surface area contributed by atoms with E-state index < -0.39 is 0 Å². The van der Waals surface area contributed by atoms with Crippen LogP contribution in [0.25, 0.3) is 0 Å². The van der Waals surface area contributed by atoms with Crippen LogP contribution in [0.1, 0.15) is 24.6 Å². The van der Waals surface area contributed by atoms with Gasteiger partial charge in [-0.1, -0.05) is 0 Å². The molecule has 0 aliphatic carbocycles. The van der Waals surface area contributed by atoms with Gasteiger partial charge in [0.25, 0.3) is 0 Å². The van der Waals surface area contributed by atoms with E-state index in [2.05, 4.69) is 4.98 Å². The molecule has 0 radical (unpaired) electrons. The van der Waals surface area contributed by atoms with E-state index >= 15 is 0 Å². The van der Waals surface area contributed by atoms with E-state index in [1.165, 1.54) is 6.42 Å². The van der Waals surface area contributed by atoms with E-state index in [-0.39, 0.29) is 12.6 Å². The summed E-state index contributed by atoms with van der Waals surface area (Å²) in [5.41, 5.74) is 6.70. The molecule has 1 saturated heterocycles. The van der Waals surface area contributed by atoms with Crippen LogP contribution in [0.2, 0.25) is 0 Å². The van der Waals surface area contributed by atoms with E-state index in [9.17, 15) is 0 Å². The van der Waals surface area contributed by atoms with Gasteiger partial charge in [0.1, 0.15) is 0 Å². The Balaban J connectivity index is 2.00. The van der Waals surface area contributed by atoms with Crippen molar-refractivity contribution in [3.05, 3.63) is 18.2 Å². The molecular weight excluding hydrogens is 206 g/mol. The van der Waals surface area contributed by atoms with Crippen LogP contribution < -0.4 is 5.73 Å². The second-order valence-electron chi connectivity index (χ2n) is 4.34. The summed E-state index contributed by atoms with van der Waals surface area (Å²) in [4.78, 5) is 4.09. The lowest BCUT2D eigenvalue weighted by Crippen LogP contribution is -2.25. The second-order valence-corrected chi connectivity index (χ2v) is 4.34. The largest absolute Gasteiger partial charge is 0.394 e. The highest BCUT2D eigenvalue weighted by Crippen LogP contribution is 2.18. The zero-order valence-electron chi connectivity index (χ0n) is 9.38. The number of aliphatic hydroxyl groups excluding tert-OH is 1. The second kappa shape index (κ2) is 5.43. The summed E-state index contributed by atoms with van der Waals surface area (Å²) in [7, 11) is 0. The summed E-state index contributed by atoms with van der Waals surface area (Å²) in [6, 6.07) is -0.341. The maximum absolute atomic E-state index is 9.05. The molecule has 1 fully saturated rings. The smallest absolute Gasteiger partial charge is 0.0948 e. The van der Waals surface area contributed by atoms with Gasteiger partial charge in [0.05, 0.1) is 31.3 Å². The lowest BCUT2D eigenvalue weighted by molar-refractivity contribution is 0.0478. The van der Waals surface area contributed by atoms with Gasteiger partial charge < -0.3 is 20.1 Å². The molecule has 90 valence electrons. The topological polar surface area (TPSA) is 73.3 Å². The van der Waals surface area contributed by atoms with Gasteiger partial charge in [0.2, 0.25) is 0 Å². The number of nitrogens with two attached hydrogens (primary N) is 1. The molecule has 5 nitrogen and oxygen atoms in total. The molecule has 2 atom stereocenters. The third kappa shape index (κ3) is 2.61.